The number of aromatic nitrogens is 4. The van der Waals surface area contributed by atoms with Crippen molar-refractivity contribution in [2.24, 2.45) is 5.92 Å². The zero-order valence-corrected chi connectivity index (χ0v) is 19.1. The van der Waals surface area contributed by atoms with Crippen molar-refractivity contribution in [1.29, 1.82) is 0 Å². The van der Waals surface area contributed by atoms with Crippen molar-refractivity contribution < 1.29 is 9.59 Å². The lowest BCUT2D eigenvalue weighted by Gasteiger charge is -2.18. The Hall–Kier alpha value is -4.27. The fourth-order valence-electron chi connectivity index (χ4n) is 4.10. The standard InChI is InChI=1S/C25H24N6O3/c1-15-4-7-19(8-5-15)31-23-21(12-27-31)25(34)30(14-26-23)28-24(33)18-11-22(32)29(13-18)20-9-6-16(2)17(3)10-20/h4-10,12,14,18H,11,13H2,1-3H3,(H,28,33). The van der Waals surface area contributed by atoms with Gasteiger partial charge < -0.3 is 4.90 Å². The molecular formula is C25H24N6O3. The van der Waals surface area contributed by atoms with Crippen LogP contribution in [0.25, 0.3) is 16.7 Å². The third kappa shape index (κ3) is 3.75. The molecule has 9 nitrogen and oxygen atoms in total. The molecule has 34 heavy (non-hydrogen) atoms. The molecule has 1 N–H and O–H groups in total. The van der Waals surface area contributed by atoms with E-state index in [-0.39, 0.29) is 24.3 Å². The van der Waals surface area contributed by atoms with Gasteiger partial charge in [0.2, 0.25) is 11.8 Å². The van der Waals surface area contributed by atoms with E-state index < -0.39 is 17.4 Å². The molecule has 0 bridgehead atoms. The Kier molecular flexibility index (Phi) is 5.24. The molecule has 172 valence electrons. The molecule has 5 rings (SSSR count). The Labute approximate surface area is 195 Å². The van der Waals surface area contributed by atoms with Gasteiger partial charge in [0.1, 0.15) is 11.7 Å². The topological polar surface area (TPSA) is 102 Å². The highest BCUT2D eigenvalue weighted by Gasteiger charge is 2.35. The number of hydrogen-bond donors (Lipinski definition) is 1. The van der Waals surface area contributed by atoms with Crippen molar-refractivity contribution in [2.75, 3.05) is 16.9 Å². The maximum atomic E-state index is 13.0. The number of anilines is 1. The molecule has 3 heterocycles. The predicted octanol–water partition coefficient (Wildman–Crippen LogP) is 2.63. The van der Waals surface area contributed by atoms with Crippen LogP contribution in [-0.4, -0.2) is 37.8 Å². The molecule has 1 unspecified atom stereocenters. The van der Waals surface area contributed by atoms with Gasteiger partial charge in [-0.05, 0) is 56.2 Å². The van der Waals surface area contributed by atoms with Gasteiger partial charge >= 0.3 is 0 Å². The first kappa shape index (κ1) is 21.6. The van der Waals surface area contributed by atoms with E-state index in [1.54, 1.807) is 9.58 Å². The van der Waals surface area contributed by atoms with Crippen molar-refractivity contribution >= 4 is 28.5 Å². The van der Waals surface area contributed by atoms with Gasteiger partial charge in [-0.2, -0.15) is 5.10 Å². The number of benzene rings is 2. The summed E-state index contributed by atoms with van der Waals surface area (Å²) in [5.74, 6) is -1.11. The molecular weight excluding hydrogens is 432 g/mol. The van der Waals surface area contributed by atoms with E-state index in [2.05, 4.69) is 15.5 Å². The van der Waals surface area contributed by atoms with E-state index >= 15 is 0 Å². The van der Waals surface area contributed by atoms with Crippen LogP contribution >= 0.6 is 0 Å². The van der Waals surface area contributed by atoms with E-state index in [0.29, 0.717) is 5.65 Å². The Bertz CT molecular complexity index is 1490. The van der Waals surface area contributed by atoms with Crippen LogP contribution in [0.3, 0.4) is 0 Å². The predicted molar refractivity (Wildman–Crippen MR) is 129 cm³/mol. The van der Waals surface area contributed by atoms with Crippen LogP contribution in [0.4, 0.5) is 5.69 Å². The Morgan fingerprint density at radius 2 is 1.74 bits per heavy atom. The summed E-state index contributed by atoms with van der Waals surface area (Å²) in [7, 11) is 0. The summed E-state index contributed by atoms with van der Waals surface area (Å²) in [6.07, 6.45) is 2.79. The minimum Gasteiger partial charge on any atom is -0.312 e. The zero-order chi connectivity index (χ0) is 24.0. The molecule has 0 aliphatic carbocycles. The molecule has 0 spiro atoms. The number of nitrogens with one attached hydrogen (secondary N) is 1. The van der Waals surface area contributed by atoms with Gasteiger partial charge in [0.25, 0.3) is 5.56 Å². The van der Waals surface area contributed by atoms with E-state index in [9.17, 15) is 14.4 Å². The largest absolute Gasteiger partial charge is 0.312 e. The molecule has 9 heteroatoms. The van der Waals surface area contributed by atoms with Gasteiger partial charge in [0.15, 0.2) is 5.65 Å². The normalized spacial score (nSPS) is 15.8. The van der Waals surface area contributed by atoms with Crippen molar-refractivity contribution in [3.8, 4) is 5.69 Å². The fraction of sp³-hybridized carbons (Fsp3) is 0.240. The minimum atomic E-state index is -0.577. The molecule has 1 aliphatic heterocycles. The SMILES string of the molecule is Cc1ccc(-n2ncc3c(=O)n(NC(=O)C4CC(=O)N(c5ccc(C)c(C)c5)C4)cnc32)cc1. The second kappa shape index (κ2) is 8.26. The number of carbonyl (C=O) groups excluding carboxylic acids is 2. The third-order valence-electron chi connectivity index (χ3n) is 6.30. The quantitative estimate of drug-likeness (QED) is 0.509. The molecule has 1 saturated heterocycles. The molecule has 2 amide bonds. The lowest BCUT2D eigenvalue weighted by atomic mass is 10.1. The average molecular weight is 457 g/mol. The highest BCUT2D eigenvalue weighted by Crippen LogP contribution is 2.27. The van der Waals surface area contributed by atoms with Crippen LogP contribution in [-0.2, 0) is 9.59 Å². The van der Waals surface area contributed by atoms with Crippen LogP contribution in [0.5, 0.6) is 0 Å². The molecule has 1 aliphatic rings. The number of amides is 2. The van der Waals surface area contributed by atoms with Crippen LogP contribution in [0.1, 0.15) is 23.1 Å². The molecule has 2 aromatic carbocycles. The third-order valence-corrected chi connectivity index (χ3v) is 6.30. The van der Waals surface area contributed by atoms with Crippen molar-refractivity contribution in [3.05, 3.63) is 82.0 Å². The van der Waals surface area contributed by atoms with Crippen molar-refractivity contribution in [2.45, 2.75) is 27.2 Å². The second-order valence-corrected chi connectivity index (χ2v) is 8.70. The summed E-state index contributed by atoms with van der Waals surface area (Å²) in [4.78, 5) is 44.4. The zero-order valence-electron chi connectivity index (χ0n) is 19.1. The summed E-state index contributed by atoms with van der Waals surface area (Å²) >= 11 is 0. The summed E-state index contributed by atoms with van der Waals surface area (Å²) in [5.41, 5.74) is 7.44. The monoisotopic (exact) mass is 456 g/mol. The summed E-state index contributed by atoms with van der Waals surface area (Å²) in [6, 6.07) is 13.5. The van der Waals surface area contributed by atoms with Crippen LogP contribution in [0.2, 0.25) is 0 Å². The lowest BCUT2D eigenvalue weighted by Crippen LogP contribution is -2.37. The molecule has 1 atom stereocenters. The van der Waals surface area contributed by atoms with E-state index in [1.807, 2.05) is 63.2 Å². The van der Waals surface area contributed by atoms with E-state index in [1.165, 1.54) is 12.5 Å². The van der Waals surface area contributed by atoms with Crippen LogP contribution < -0.4 is 15.9 Å². The van der Waals surface area contributed by atoms with Crippen LogP contribution in [0.15, 0.2) is 59.8 Å². The lowest BCUT2D eigenvalue weighted by molar-refractivity contribution is -0.123. The first-order valence-electron chi connectivity index (χ1n) is 11.0. The fourth-order valence-corrected chi connectivity index (χ4v) is 4.10. The number of fused-ring (bicyclic) bond motifs is 1. The number of nitrogens with zero attached hydrogens (tertiary/aromatic N) is 5. The molecule has 0 radical (unpaired) electrons. The summed E-state index contributed by atoms with van der Waals surface area (Å²) in [5, 5.41) is 4.58. The second-order valence-electron chi connectivity index (χ2n) is 8.70. The van der Waals surface area contributed by atoms with Crippen LogP contribution in [0, 0.1) is 26.7 Å². The smallest absolute Gasteiger partial charge is 0.283 e. The van der Waals surface area contributed by atoms with E-state index in [4.69, 9.17) is 0 Å². The first-order valence-corrected chi connectivity index (χ1v) is 11.0. The van der Waals surface area contributed by atoms with Gasteiger partial charge in [-0.1, -0.05) is 23.8 Å². The molecule has 1 fully saturated rings. The number of rotatable bonds is 4. The van der Waals surface area contributed by atoms with Gasteiger partial charge in [0.05, 0.1) is 17.8 Å². The maximum Gasteiger partial charge on any atom is 0.283 e. The van der Waals surface area contributed by atoms with Gasteiger partial charge in [0, 0.05) is 18.7 Å². The molecule has 2 aromatic heterocycles. The van der Waals surface area contributed by atoms with Gasteiger partial charge in [-0.25, -0.2) is 14.3 Å². The average Bonchev–Trinajstić information content (AvgIpc) is 3.42. The van der Waals surface area contributed by atoms with E-state index in [0.717, 1.165) is 32.7 Å². The van der Waals surface area contributed by atoms with Crippen molar-refractivity contribution in [1.82, 2.24) is 19.4 Å². The highest BCUT2D eigenvalue weighted by molar-refractivity contribution is 6.02. The maximum absolute atomic E-state index is 13.0. The highest BCUT2D eigenvalue weighted by atomic mass is 16.2. The Morgan fingerprint density at radius 3 is 2.47 bits per heavy atom. The first-order chi connectivity index (χ1) is 16.3. The number of carbonyl (C=O) groups is 2. The Balaban J connectivity index is 1.36. The van der Waals surface area contributed by atoms with Crippen molar-refractivity contribution in [3.63, 3.8) is 0 Å². The number of hydrogen-bond acceptors (Lipinski definition) is 5. The summed E-state index contributed by atoms with van der Waals surface area (Å²) < 4.78 is 2.63. The minimum absolute atomic E-state index is 0.0779. The molecule has 0 saturated carbocycles. The Morgan fingerprint density at radius 1 is 1.00 bits per heavy atom. The summed E-state index contributed by atoms with van der Waals surface area (Å²) in [6.45, 7) is 6.24. The van der Waals surface area contributed by atoms with Gasteiger partial charge in [-0.3, -0.25) is 19.8 Å². The number of aryl methyl sites for hydroxylation is 3. The van der Waals surface area contributed by atoms with Gasteiger partial charge in [-0.15, -0.1) is 0 Å². The molecule has 4 aromatic rings.